The SMILES string of the molecule is CN(C)C(=O)C=Cc1cccc(CN2O[C@@H]3[C@H]4OCO[C@H]4[C@H]4C[C@]3(C(=O)N3CCC[C@@H]3C(=O)N[C@H](CO)CCC(=O)OC(C)(C)C)[C@@H]2C(=O)O4)c1. The largest absolute Gasteiger partial charge is 0.460 e. The maximum Gasteiger partial charge on any atom is 0.327 e. The standard InChI is InChI=1S/C36H48N4O11/c1-35(2,3)50-27(43)14-12-23(19-41)37-32(44)24-10-7-15-39(24)34(46)36-17-25-28-29(48-20-47-28)31(36)51-40(30(36)33(45)49-25)18-22-9-6-8-21(16-22)11-13-26(42)38(4)5/h6,8-9,11,13,16,23-25,28-31,41H,7,10,12,14-15,17-20H2,1-5H3,(H,37,44)/t23-,24+,25+,28-,29-,30-,31+,36-/m0/s1. The van der Waals surface area contributed by atoms with E-state index in [1.54, 1.807) is 40.9 Å². The molecule has 4 saturated heterocycles. The number of aliphatic hydroxyl groups excluding tert-OH is 1. The van der Waals surface area contributed by atoms with Crippen molar-refractivity contribution in [3.05, 3.63) is 41.5 Å². The molecule has 5 aliphatic rings. The lowest BCUT2D eigenvalue weighted by Gasteiger charge is -2.50. The van der Waals surface area contributed by atoms with Gasteiger partial charge in [-0.2, -0.15) is 5.06 Å². The van der Waals surface area contributed by atoms with E-state index < -0.39 is 83.9 Å². The summed E-state index contributed by atoms with van der Waals surface area (Å²) < 4.78 is 23.1. The number of likely N-dealkylation sites (tertiary alicyclic amines) is 1. The van der Waals surface area contributed by atoms with Crippen molar-refractivity contribution in [2.75, 3.05) is 34.0 Å². The molecule has 0 spiro atoms. The van der Waals surface area contributed by atoms with Gasteiger partial charge in [-0.3, -0.25) is 28.8 Å². The molecule has 1 aliphatic carbocycles. The molecule has 1 aromatic rings. The van der Waals surface area contributed by atoms with E-state index in [9.17, 15) is 29.1 Å². The zero-order chi connectivity index (χ0) is 36.7. The highest BCUT2D eigenvalue weighted by Crippen LogP contribution is 2.56. The van der Waals surface area contributed by atoms with E-state index in [1.165, 1.54) is 20.9 Å². The van der Waals surface area contributed by atoms with Crippen molar-refractivity contribution in [1.82, 2.24) is 20.2 Å². The quantitative estimate of drug-likeness (QED) is 0.246. The predicted octanol–water partition coefficient (Wildman–Crippen LogP) is 0.919. The number of likely N-dealkylation sites (N-methyl/N-ethyl adjacent to an activating group) is 1. The van der Waals surface area contributed by atoms with Crippen LogP contribution < -0.4 is 5.32 Å². The Morgan fingerprint density at radius 2 is 1.94 bits per heavy atom. The second-order valence-corrected chi connectivity index (χ2v) is 15.1. The van der Waals surface area contributed by atoms with Crippen molar-refractivity contribution < 1.29 is 52.9 Å². The lowest BCUT2D eigenvalue weighted by molar-refractivity contribution is -0.204. The molecule has 278 valence electrons. The van der Waals surface area contributed by atoms with Gasteiger partial charge >= 0.3 is 11.9 Å². The Hall–Kier alpha value is -3.89. The Morgan fingerprint density at radius 3 is 2.67 bits per heavy atom. The highest BCUT2D eigenvalue weighted by Gasteiger charge is 2.75. The number of rotatable bonds is 11. The predicted molar refractivity (Wildman–Crippen MR) is 179 cm³/mol. The Morgan fingerprint density at radius 1 is 1.18 bits per heavy atom. The number of hydrogen-bond acceptors (Lipinski definition) is 12. The molecule has 1 aromatic carbocycles. The summed E-state index contributed by atoms with van der Waals surface area (Å²) in [6, 6.07) is 4.70. The fraction of sp³-hybridized carbons (Fsp3) is 0.639. The molecule has 8 atom stereocenters. The third-order valence-electron chi connectivity index (χ3n) is 10.1. The van der Waals surface area contributed by atoms with E-state index in [0.29, 0.717) is 12.8 Å². The molecule has 1 saturated carbocycles. The van der Waals surface area contributed by atoms with Crippen LogP contribution in [0.2, 0.25) is 0 Å². The van der Waals surface area contributed by atoms with Crippen molar-refractivity contribution >= 4 is 35.7 Å². The van der Waals surface area contributed by atoms with E-state index in [0.717, 1.165) is 11.1 Å². The van der Waals surface area contributed by atoms with E-state index in [1.807, 2.05) is 24.3 Å². The summed E-state index contributed by atoms with van der Waals surface area (Å²) in [6.07, 6.45) is 1.45. The highest BCUT2D eigenvalue weighted by molar-refractivity contribution is 5.96. The van der Waals surface area contributed by atoms with Crippen LogP contribution >= 0.6 is 0 Å². The second kappa shape index (κ2) is 14.6. The third kappa shape index (κ3) is 7.40. The first kappa shape index (κ1) is 36.9. The van der Waals surface area contributed by atoms with Gasteiger partial charge in [0, 0.05) is 39.6 Å². The molecule has 2 N–H and O–H groups in total. The fourth-order valence-electron chi connectivity index (χ4n) is 7.85. The van der Waals surface area contributed by atoms with Gasteiger partial charge in [0.1, 0.15) is 48.3 Å². The third-order valence-corrected chi connectivity index (χ3v) is 10.1. The van der Waals surface area contributed by atoms with Crippen molar-refractivity contribution in [1.29, 1.82) is 0 Å². The normalized spacial score (nSPS) is 30.5. The molecule has 15 nitrogen and oxygen atoms in total. The van der Waals surface area contributed by atoms with Gasteiger partial charge in [-0.1, -0.05) is 24.3 Å². The van der Waals surface area contributed by atoms with Crippen LogP contribution in [0, 0.1) is 5.41 Å². The number of hydrogen-bond donors (Lipinski definition) is 2. The number of carbonyl (C=O) groups is 5. The number of esters is 2. The molecular weight excluding hydrogens is 664 g/mol. The monoisotopic (exact) mass is 712 g/mol. The molecule has 4 heterocycles. The minimum absolute atomic E-state index is 0.00272. The number of hydroxylamine groups is 2. The van der Waals surface area contributed by atoms with Crippen LogP contribution in [0.15, 0.2) is 30.3 Å². The van der Waals surface area contributed by atoms with Crippen LogP contribution in [-0.2, 0) is 54.3 Å². The van der Waals surface area contributed by atoms with Gasteiger partial charge in [-0.15, -0.1) is 0 Å². The van der Waals surface area contributed by atoms with Crippen molar-refractivity contribution in [2.24, 2.45) is 5.41 Å². The maximum atomic E-state index is 15.0. The van der Waals surface area contributed by atoms with E-state index in [-0.39, 0.29) is 45.1 Å². The van der Waals surface area contributed by atoms with Gasteiger partial charge in [0.05, 0.1) is 19.2 Å². The van der Waals surface area contributed by atoms with Gasteiger partial charge in [-0.05, 0) is 57.2 Å². The highest BCUT2D eigenvalue weighted by atomic mass is 16.8. The summed E-state index contributed by atoms with van der Waals surface area (Å²) in [4.78, 5) is 76.5. The Labute approximate surface area is 297 Å². The molecule has 6 rings (SSSR count). The smallest absolute Gasteiger partial charge is 0.327 e. The molecule has 15 heteroatoms. The van der Waals surface area contributed by atoms with Crippen LogP contribution in [0.25, 0.3) is 6.08 Å². The van der Waals surface area contributed by atoms with Crippen LogP contribution in [0.5, 0.6) is 0 Å². The molecule has 4 aliphatic heterocycles. The van der Waals surface area contributed by atoms with Crippen LogP contribution in [0.3, 0.4) is 0 Å². The van der Waals surface area contributed by atoms with Gasteiger partial charge in [0.25, 0.3) is 0 Å². The van der Waals surface area contributed by atoms with Crippen LogP contribution in [0.4, 0.5) is 0 Å². The van der Waals surface area contributed by atoms with E-state index in [4.69, 9.17) is 23.8 Å². The molecule has 3 amide bonds. The number of nitrogens with one attached hydrogen (secondary N) is 1. The summed E-state index contributed by atoms with van der Waals surface area (Å²) in [5, 5.41) is 14.3. The topological polar surface area (TPSA) is 173 Å². The van der Waals surface area contributed by atoms with Crippen molar-refractivity contribution in [3.8, 4) is 0 Å². The molecule has 0 radical (unpaired) electrons. The lowest BCUT2D eigenvalue weighted by Crippen LogP contribution is -2.70. The van der Waals surface area contributed by atoms with Crippen LogP contribution in [0.1, 0.15) is 64.0 Å². The summed E-state index contributed by atoms with van der Waals surface area (Å²) in [6.45, 7) is 5.25. The zero-order valence-corrected chi connectivity index (χ0v) is 29.7. The van der Waals surface area contributed by atoms with Crippen molar-refractivity contribution in [3.63, 3.8) is 0 Å². The zero-order valence-electron chi connectivity index (χ0n) is 29.7. The Bertz CT molecular complexity index is 1560. The Balaban J connectivity index is 1.23. The number of amides is 3. The van der Waals surface area contributed by atoms with Gasteiger partial charge in [0.2, 0.25) is 17.7 Å². The number of carbonyl (C=O) groups excluding carboxylic acids is 5. The molecular formula is C36H48N4O11. The lowest BCUT2D eigenvalue weighted by atomic mass is 9.62. The van der Waals surface area contributed by atoms with Gasteiger partial charge < -0.3 is 39.2 Å². The average Bonchev–Trinajstić information content (AvgIpc) is 3.83. The molecule has 0 aromatic heterocycles. The first-order valence-electron chi connectivity index (χ1n) is 17.5. The molecule has 0 unspecified atom stereocenters. The van der Waals surface area contributed by atoms with Gasteiger partial charge in [-0.25, -0.2) is 0 Å². The van der Waals surface area contributed by atoms with Gasteiger partial charge in [0.15, 0.2) is 6.04 Å². The average molecular weight is 713 g/mol. The first-order valence-corrected chi connectivity index (χ1v) is 17.5. The number of aliphatic hydroxyl groups is 1. The molecule has 2 bridgehead atoms. The Kier molecular flexibility index (Phi) is 10.6. The number of benzene rings is 1. The summed E-state index contributed by atoms with van der Waals surface area (Å²) in [5.41, 5.74) is -0.556. The second-order valence-electron chi connectivity index (χ2n) is 15.1. The first-order chi connectivity index (χ1) is 24.2. The number of ether oxygens (including phenoxy) is 4. The summed E-state index contributed by atoms with van der Waals surface area (Å²) >= 11 is 0. The summed E-state index contributed by atoms with van der Waals surface area (Å²) in [7, 11) is 3.33. The van der Waals surface area contributed by atoms with E-state index in [2.05, 4.69) is 5.32 Å². The number of fused-ring (bicyclic) bond motifs is 4. The minimum atomic E-state index is -1.43. The number of nitrogens with zero attached hydrogens (tertiary/aromatic N) is 3. The minimum Gasteiger partial charge on any atom is -0.460 e. The van der Waals surface area contributed by atoms with Crippen molar-refractivity contribution in [2.45, 2.75) is 108 Å². The molecule has 51 heavy (non-hydrogen) atoms. The van der Waals surface area contributed by atoms with E-state index >= 15 is 0 Å². The summed E-state index contributed by atoms with van der Waals surface area (Å²) in [5.74, 6) is -2.08. The van der Waals surface area contributed by atoms with Crippen LogP contribution in [-0.4, -0.2) is 132 Å². The molecule has 5 fully saturated rings. The fourth-order valence-corrected chi connectivity index (χ4v) is 7.85. The maximum absolute atomic E-state index is 15.0.